The summed E-state index contributed by atoms with van der Waals surface area (Å²) in [6.45, 7) is 1.82. The van der Waals surface area contributed by atoms with Gasteiger partial charge in [-0.15, -0.1) is 11.3 Å². The van der Waals surface area contributed by atoms with E-state index >= 15 is 0 Å². The smallest absolute Gasteiger partial charge is 0.259 e. The van der Waals surface area contributed by atoms with Gasteiger partial charge in [0, 0.05) is 35.1 Å². The van der Waals surface area contributed by atoms with Gasteiger partial charge in [-0.2, -0.15) is 5.10 Å². The number of aromatic nitrogens is 4. The average Bonchev–Trinajstić information content (AvgIpc) is 3.10. The summed E-state index contributed by atoms with van der Waals surface area (Å²) in [5.41, 5.74) is 4.50. The van der Waals surface area contributed by atoms with Gasteiger partial charge in [0.15, 0.2) is 5.13 Å². The van der Waals surface area contributed by atoms with E-state index in [4.69, 9.17) is 0 Å². The van der Waals surface area contributed by atoms with Crippen molar-refractivity contribution in [2.45, 2.75) is 19.8 Å². The zero-order valence-corrected chi connectivity index (χ0v) is 13.6. The molecule has 0 spiro atoms. The summed E-state index contributed by atoms with van der Waals surface area (Å²) >= 11 is 1.54. The molecule has 0 unspecified atom stereocenters. The van der Waals surface area contributed by atoms with Crippen molar-refractivity contribution in [3.8, 4) is 11.3 Å². The van der Waals surface area contributed by atoms with Crippen LogP contribution in [-0.4, -0.2) is 25.7 Å². The van der Waals surface area contributed by atoms with E-state index in [0.29, 0.717) is 16.4 Å². The third-order valence-electron chi connectivity index (χ3n) is 4.07. The summed E-state index contributed by atoms with van der Waals surface area (Å²) in [5.74, 6) is -0.173. The van der Waals surface area contributed by atoms with Crippen LogP contribution in [0.25, 0.3) is 11.3 Å². The van der Waals surface area contributed by atoms with Gasteiger partial charge in [-0.05, 0) is 31.9 Å². The molecule has 1 aliphatic rings. The first-order valence-electron chi connectivity index (χ1n) is 7.37. The van der Waals surface area contributed by atoms with Crippen LogP contribution < -0.4 is 5.32 Å². The maximum atomic E-state index is 12.4. The van der Waals surface area contributed by atoms with Crippen molar-refractivity contribution in [1.29, 1.82) is 0 Å². The second kappa shape index (κ2) is 5.27. The van der Waals surface area contributed by atoms with Crippen molar-refractivity contribution >= 4 is 22.4 Å². The highest BCUT2D eigenvalue weighted by Gasteiger charge is 2.24. The number of pyridine rings is 1. The average molecular weight is 325 g/mol. The largest absolute Gasteiger partial charge is 0.298 e. The van der Waals surface area contributed by atoms with E-state index in [1.54, 1.807) is 18.3 Å². The molecule has 0 saturated carbocycles. The Bertz CT molecular complexity index is 911. The van der Waals surface area contributed by atoms with E-state index in [1.807, 2.05) is 24.9 Å². The summed E-state index contributed by atoms with van der Waals surface area (Å²) in [5, 5.41) is 7.83. The minimum atomic E-state index is -0.173. The standard InChI is InChI=1S/C16H15N5OS/c1-9-10(4-3-7-17-9)15(22)20-16-19-14-11-8-18-21(2)12(11)5-6-13(14)23-16/h3-4,7-8H,5-6H2,1-2H3,(H,19,20,22). The lowest BCUT2D eigenvalue weighted by Crippen LogP contribution is -2.13. The normalized spacial score (nSPS) is 12.6. The first-order valence-corrected chi connectivity index (χ1v) is 8.19. The molecule has 6 nitrogen and oxygen atoms in total. The Balaban J connectivity index is 1.65. The fraction of sp³-hybridized carbons (Fsp3) is 0.250. The molecular weight excluding hydrogens is 310 g/mol. The zero-order chi connectivity index (χ0) is 16.0. The molecule has 0 aromatic carbocycles. The predicted molar refractivity (Wildman–Crippen MR) is 88.7 cm³/mol. The molecule has 1 amide bonds. The Hall–Kier alpha value is -2.54. The van der Waals surface area contributed by atoms with Crippen molar-refractivity contribution < 1.29 is 4.79 Å². The minimum Gasteiger partial charge on any atom is -0.298 e. The van der Waals surface area contributed by atoms with Crippen LogP contribution in [0, 0.1) is 6.92 Å². The van der Waals surface area contributed by atoms with E-state index in [-0.39, 0.29) is 5.91 Å². The zero-order valence-electron chi connectivity index (χ0n) is 12.8. The van der Waals surface area contributed by atoms with Gasteiger partial charge in [-0.3, -0.25) is 19.8 Å². The third-order valence-corrected chi connectivity index (χ3v) is 5.11. The highest BCUT2D eigenvalue weighted by Crippen LogP contribution is 2.37. The number of thiazole rings is 1. The Morgan fingerprint density at radius 1 is 1.39 bits per heavy atom. The number of nitrogens with zero attached hydrogens (tertiary/aromatic N) is 4. The van der Waals surface area contributed by atoms with Gasteiger partial charge in [0.25, 0.3) is 5.91 Å². The van der Waals surface area contributed by atoms with Crippen LogP contribution in [-0.2, 0) is 19.9 Å². The molecule has 1 N–H and O–H groups in total. The molecule has 23 heavy (non-hydrogen) atoms. The SMILES string of the molecule is Cc1ncccc1C(=O)Nc1nc2c(s1)CCc1c-2cnn1C. The maximum absolute atomic E-state index is 12.4. The Morgan fingerprint density at radius 2 is 2.26 bits per heavy atom. The van der Waals surface area contributed by atoms with Crippen LogP contribution in [0.5, 0.6) is 0 Å². The molecule has 0 fully saturated rings. The summed E-state index contributed by atoms with van der Waals surface area (Å²) in [6, 6.07) is 3.53. The molecule has 0 aliphatic heterocycles. The van der Waals surface area contributed by atoms with E-state index in [1.165, 1.54) is 21.9 Å². The second-order valence-electron chi connectivity index (χ2n) is 5.51. The fourth-order valence-corrected chi connectivity index (χ4v) is 3.83. The number of aryl methyl sites for hydroxylation is 3. The summed E-state index contributed by atoms with van der Waals surface area (Å²) in [6.07, 6.45) is 5.42. The van der Waals surface area contributed by atoms with Crippen molar-refractivity contribution in [1.82, 2.24) is 19.7 Å². The summed E-state index contributed by atoms with van der Waals surface area (Å²) < 4.78 is 1.90. The van der Waals surface area contributed by atoms with Gasteiger partial charge >= 0.3 is 0 Å². The molecule has 0 atom stereocenters. The van der Waals surface area contributed by atoms with Gasteiger partial charge in [0.1, 0.15) is 0 Å². The van der Waals surface area contributed by atoms with Gasteiger partial charge in [0.2, 0.25) is 0 Å². The predicted octanol–water partition coefficient (Wildman–Crippen LogP) is 2.60. The highest BCUT2D eigenvalue weighted by molar-refractivity contribution is 7.16. The lowest BCUT2D eigenvalue weighted by Gasteiger charge is -2.10. The lowest BCUT2D eigenvalue weighted by atomic mass is 10.0. The van der Waals surface area contributed by atoms with Gasteiger partial charge in [-0.1, -0.05) is 0 Å². The second-order valence-corrected chi connectivity index (χ2v) is 6.59. The van der Waals surface area contributed by atoms with Crippen molar-refractivity contribution in [2.24, 2.45) is 7.05 Å². The van der Waals surface area contributed by atoms with E-state index in [0.717, 1.165) is 24.1 Å². The number of fused-ring (bicyclic) bond motifs is 3. The van der Waals surface area contributed by atoms with Gasteiger partial charge in [-0.25, -0.2) is 4.98 Å². The molecular formula is C16H15N5OS. The number of carbonyl (C=O) groups is 1. The molecule has 1 aliphatic carbocycles. The van der Waals surface area contributed by atoms with Gasteiger partial charge in [0.05, 0.1) is 17.5 Å². The Kier molecular flexibility index (Phi) is 3.23. The summed E-state index contributed by atoms with van der Waals surface area (Å²) in [7, 11) is 1.95. The van der Waals surface area contributed by atoms with Crippen LogP contribution in [0.1, 0.15) is 26.6 Å². The highest BCUT2D eigenvalue weighted by atomic mass is 32.1. The van der Waals surface area contributed by atoms with Crippen LogP contribution in [0.2, 0.25) is 0 Å². The lowest BCUT2D eigenvalue weighted by molar-refractivity contribution is 0.102. The Morgan fingerprint density at radius 3 is 3.09 bits per heavy atom. The fourth-order valence-electron chi connectivity index (χ4n) is 2.86. The molecule has 3 aromatic rings. The van der Waals surface area contributed by atoms with Gasteiger partial charge < -0.3 is 0 Å². The number of rotatable bonds is 2. The molecule has 0 saturated heterocycles. The number of carbonyl (C=O) groups excluding carboxylic acids is 1. The van der Waals surface area contributed by atoms with E-state index in [2.05, 4.69) is 20.4 Å². The number of amides is 1. The third kappa shape index (κ3) is 2.33. The molecule has 3 aromatic heterocycles. The molecule has 7 heteroatoms. The number of nitrogens with one attached hydrogen (secondary N) is 1. The molecule has 0 bridgehead atoms. The maximum Gasteiger partial charge on any atom is 0.259 e. The van der Waals surface area contributed by atoms with Crippen molar-refractivity contribution in [3.63, 3.8) is 0 Å². The Labute approximate surface area is 137 Å². The minimum absolute atomic E-state index is 0.173. The monoisotopic (exact) mass is 325 g/mol. The van der Waals surface area contributed by atoms with Crippen LogP contribution >= 0.6 is 11.3 Å². The molecule has 4 rings (SSSR count). The first kappa shape index (κ1) is 14.1. The number of hydrogen-bond acceptors (Lipinski definition) is 5. The summed E-state index contributed by atoms with van der Waals surface area (Å²) in [4.78, 5) is 22.4. The van der Waals surface area contributed by atoms with E-state index in [9.17, 15) is 4.79 Å². The first-order chi connectivity index (χ1) is 11.1. The van der Waals surface area contributed by atoms with Crippen molar-refractivity contribution in [2.75, 3.05) is 5.32 Å². The van der Waals surface area contributed by atoms with Crippen LogP contribution in [0.4, 0.5) is 5.13 Å². The number of anilines is 1. The van der Waals surface area contributed by atoms with Crippen LogP contribution in [0.3, 0.4) is 0 Å². The van der Waals surface area contributed by atoms with E-state index < -0.39 is 0 Å². The molecule has 3 heterocycles. The topological polar surface area (TPSA) is 72.7 Å². The molecule has 0 radical (unpaired) electrons. The number of hydrogen-bond donors (Lipinski definition) is 1. The van der Waals surface area contributed by atoms with Crippen LogP contribution in [0.15, 0.2) is 24.5 Å². The molecule has 116 valence electrons. The quantitative estimate of drug-likeness (QED) is 0.786. The van der Waals surface area contributed by atoms with Crippen molar-refractivity contribution in [3.05, 3.63) is 46.4 Å².